The number of hydrogen-bond acceptors (Lipinski definition) is 23. The minimum absolute atomic E-state index is 0.0326. The van der Waals surface area contributed by atoms with Gasteiger partial charge in [-0.1, -0.05) is 233 Å². The van der Waals surface area contributed by atoms with E-state index in [1.54, 1.807) is 0 Å². The zero-order valence-corrected chi connectivity index (χ0v) is 56.3. The molecule has 3 rings (SSSR count). The van der Waals surface area contributed by atoms with E-state index in [0.717, 1.165) is 96.3 Å². The first-order valence-corrected chi connectivity index (χ1v) is 36.8. The summed E-state index contributed by atoms with van der Waals surface area (Å²) < 4.78 is 64.8. The van der Waals surface area contributed by atoms with E-state index in [9.17, 15) is 74.9 Å². The Labute approximate surface area is 542 Å². The maximum Gasteiger partial charge on any atom is 0.472 e. The molecule has 1 saturated carbocycles. The molecular formula is C66H123O24P. The van der Waals surface area contributed by atoms with E-state index in [1.807, 2.05) is 0 Å². The van der Waals surface area contributed by atoms with Crippen LogP contribution < -0.4 is 0 Å². The lowest BCUT2D eigenvalue weighted by molar-refractivity contribution is -0.360. The Balaban J connectivity index is 1.77. The lowest BCUT2D eigenvalue weighted by Gasteiger charge is -2.49. The molecule has 91 heavy (non-hydrogen) atoms. The SMILES string of the molecule is CCCCCCCCCCCCCCCC(=O)OC(COC(=O)CCCCCCCCCCCCCC)COP(=O)(O)OC1C(OC2OC(CO)C(O)C(O)C2O)C(O)C(O)C(O)C1OC1OC(COC(=O)CCCCCCCCCCCCC)C(O)C(O)C1O. The maximum atomic E-state index is 14.3. The second kappa shape index (κ2) is 49.5. The van der Waals surface area contributed by atoms with Crippen LogP contribution in [0.25, 0.3) is 0 Å². The largest absolute Gasteiger partial charge is 0.472 e. The Morgan fingerprint density at radius 2 is 0.703 bits per heavy atom. The highest BCUT2D eigenvalue weighted by atomic mass is 31.2. The molecular weight excluding hydrogens is 1210 g/mol. The Morgan fingerprint density at radius 1 is 0.385 bits per heavy atom. The van der Waals surface area contributed by atoms with Gasteiger partial charge in [0.15, 0.2) is 18.7 Å². The van der Waals surface area contributed by atoms with Crippen LogP contribution in [0.1, 0.15) is 271 Å². The smallest absolute Gasteiger partial charge is 0.463 e. The van der Waals surface area contributed by atoms with Crippen molar-refractivity contribution in [3.05, 3.63) is 0 Å². The van der Waals surface area contributed by atoms with Gasteiger partial charge in [0, 0.05) is 19.3 Å². The van der Waals surface area contributed by atoms with Crippen molar-refractivity contribution in [3.8, 4) is 0 Å². The van der Waals surface area contributed by atoms with Crippen molar-refractivity contribution in [3.63, 3.8) is 0 Å². The molecule has 0 spiro atoms. The minimum atomic E-state index is -5.68. The number of aliphatic hydroxyl groups is 10. The van der Waals surface area contributed by atoms with E-state index in [1.165, 1.54) is 116 Å². The predicted octanol–water partition coefficient (Wildman–Crippen LogP) is 8.23. The average Bonchev–Trinajstić information content (AvgIpc) is 0.811. The first-order chi connectivity index (χ1) is 43.8. The van der Waals surface area contributed by atoms with Crippen molar-refractivity contribution in [1.29, 1.82) is 0 Å². The first kappa shape index (κ1) is 83.2. The monoisotopic (exact) mass is 1330 g/mol. The number of esters is 3. The van der Waals surface area contributed by atoms with Crippen LogP contribution in [0.3, 0.4) is 0 Å². The van der Waals surface area contributed by atoms with Gasteiger partial charge in [-0.3, -0.25) is 23.4 Å². The molecule has 2 aliphatic heterocycles. The van der Waals surface area contributed by atoms with Crippen LogP contribution in [0.4, 0.5) is 0 Å². The van der Waals surface area contributed by atoms with Crippen LogP contribution in [0.2, 0.25) is 0 Å². The van der Waals surface area contributed by atoms with Gasteiger partial charge < -0.3 is 89.1 Å². The summed E-state index contributed by atoms with van der Waals surface area (Å²) in [5, 5.41) is 110. The van der Waals surface area contributed by atoms with Gasteiger partial charge in [-0.05, 0) is 19.3 Å². The number of phosphoric ester groups is 1. The molecule has 18 atom stereocenters. The quantitative estimate of drug-likeness (QED) is 0.0118. The summed E-state index contributed by atoms with van der Waals surface area (Å²) in [6.45, 7) is 3.41. The molecule has 0 bridgehead atoms. The molecule has 0 aromatic heterocycles. The fraction of sp³-hybridized carbons (Fsp3) is 0.955. The first-order valence-electron chi connectivity index (χ1n) is 35.3. The van der Waals surface area contributed by atoms with Crippen LogP contribution >= 0.6 is 7.82 Å². The summed E-state index contributed by atoms with van der Waals surface area (Å²) in [7, 11) is -5.68. The van der Waals surface area contributed by atoms with E-state index >= 15 is 0 Å². The Bertz CT molecular complexity index is 1910. The molecule has 536 valence electrons. The fourth-order valence-corrected chi connectivity index (χ4v) is 12.8. The Morgan fingerprint density at radius 3 is 1.08 bits per heavy atom. The summed E-state index contributed by atoms with van der Waals surface area (Å²) in [5.74, 6) is -1.98. The number of carbonyl (C=O) groups excluding carboxylic acids is 3. The van der Waals surface area contributed by atoms with Crippen molar-refractivity contribution >= 4 is 25.7 Å². The highest BCUT2D eigenvalue weighted by molar-refractivity contribution is 7.47. The second-order valence-corrected chi connectivity index (χ2v) is 27.0. The maximum absolute atomic E-state index is 14.3. The van der Waals surface area contributed by atoms with Gasteiger partial charge in [0.2, 0.25) is 0 Å². The highest BCUT2D eigenvalue weighted by Crippen LogP contribution is 2.49. The van der Waals surface area contributed by atoms with Gasteiger partial charge in [0.1, 0.15) is 98.7 Å². The van der Waals surface area contributed by atoms with Crippen LogP contribution in [0.5, 0.6) is 0 Å². The zero-order valence-electron chi connectivity index (χ0n) is 55.4. The van der Waals surface area contributed by atoms with E-state index in [2.05, 4.69) is 20.8 Å². The standard InChI is InChI=1S/C66H123O24P/c1-4-7-10-13-16-19-22-24-27-30-33-36-39-42-52(70)85-47(44-82-50(68)40-37-34-31-29-26-23-20-17-14-11-8-5-2)45-84-91(80,81)90-64-62(88-65-60(78)55(73)53(71)48(43-67)86-65)58(76)57(75)59(77)63(64)89-66-61(79)56(74)54(72)49(87-66)46-83-51(69)41-38-35-32-28-25-21-18-15-12-9-6-3/h47-49,53-67,71-79H,4-46H2,1-3H3,(H,80,81). The number of phosphoric acid groups is 1. The van der Waals surface area contributed by atoms with E-state index < -0.39 is 156 Å². The average molecular weight is 1330 g/mol. The number of unbranched alkanes of at least 4 members (excludes halogenated alkanes) is 33. The topological polar surface area (TPSA) is 374 Å². The number of ether oxygens (including phenoxy) is 7. The molecule has 0 amide bonds. The number of hydrogen-bond donors (Lipinski definition) is 11. The molecule has 0 radical (unpaired) electrons. The summed E-state index contributed by atoms with van der Waals surface area (Å²) in [6.07, 6.45) is 3.52. The molecule has 18 unspecified atom stereocenters. The third-order valence-corrected chi connectivity index (χ3v) is 18.6. The Hall–Kier alpha value is -2.04. The van der Waals surface area contributed by atoms with E-state index in [0.29, 0.717) is 19.3 Å². The normalized spacial score (nSPS) is 28.8. The number of rotatable bonds is 54. The third-order valence-electron chi connectivity index (χ3n) is 17.6. The van der Waals surface area contributed by atoms with Gasteiger partial charge in [-0.25, -0.2) is 4.57 Å². The van der Waals surface area contributed by atoms with E-state index in [-0.39, 0.29) is 19.3 Å². The molecule has 1 aliphatic carbocycles. The van der Waals surface area contributed by atoms with Crippen LogP contribution in [-0.2, 0) is 61.2 Å². The molecule has 0 aromatic rings. The van der Waals surface area contributed by atoms with Gasteiger partial charge in [0.05, 0.1) is 13.2 Å². The number of aliphatic hydroxyl groups excluding tert-OH is 10. The summed E-state index contributed by atoms with van der Waals surface area (Å²) in [5.41, 5.74) is 0. The van der Waals surface area contributed by atoms with Crippen molar-refractivity contribution in [2.24, 2.45) is 0 Å². The fourth-order valence-electron chi connectivity index (χ4n) is 11.8. The van der Waals surface area contributed by atoms with Gasteiger partial charge in [0.25, 0.3) is 0 Å². The number of carbonyl (C=O) groups is 3. The van der Waals surface area contributed by atoms with E-state index in [4.69, 9.17) is 42.2 Å². The molecule has 25 heteroatoms. The van der Waals surface area contributed by atoms with Gasteiger partial charge in [-0.2, -0.15) is 0 Å². The molecule has 2 saturated heterocycles. The highest BCUT2D eigenvalue weighted by Gasteiger charge is 2.58. The second-order valence-electron chi connectivity index (χ2n) is 25.6. The molecule has 3 fully saturated rings. The molecule has 3 aliphatic rings. The molecule has 0 aromatic carbocycles. The zero-order chi connectivity index (χ0) is 66.8. The lowest BCUT2D eigenvalue weighted by Crippen LogP contribution is -2.69. The van der Waals surface area contributed by atoms with Crippen LogP contribution in [0, 0.1) is 0 Å². The van der Waals surface area contributed by atoms with Gasteiger partial charge in [-0.15, -0.1) is 0 Å². The predicted molar refractivity (Wildman–Crippen MR) is 338 cm³/mol. The van der Waals surface area contributed by atoms with Crippen LogP contribution in [0.15, 0.2) is 0 Å². The van der Waals surface area contributed by atoms with Crippen molar-refractivity contribution < 1.29 is 117 Å². The van der Waals surface area contributed by atoms with Crippen molar-refractivity contribution in [2.45, 2.75) is 375 Å². The van der Waals surface area contributed by atoms with Crippen molar-refractivity contribution in [1.82, 2.24) is 0 Å². The van der Waals surface area contributed by atoms with Crippen molar-refractivity contribution in [2.75, 3.05) is 26.4 Å². The summed E-state index contributed by atoms with van der Waals surface area (Å²) >= 11 is 0. The molecule has 2 heterocycles. The minimum Gasteiger partial charge on any atom is -0.463 e. The molecule has 24 nitrogen and oxygen atoms in total. The Kier molecular flexibility index (Phi) is 45.2. The summed E-state index contributed by atoms with van der Waals surface area (Å²) in [4.78, 5) is 50.8. The van der Waals surface area contributed by atoms with Crippen LogP contribution in [-0.4, -0.2) is 204 Å². The summed E-state index contributed by atoms with van der Waals surface area (Å²) in [6, 6.07) is 0. The van der Waals surface area contributed by atoms with Gasteiger partial charge >= 0.3 is 25.7 Å². The lowest BCUT2D eigenvalue weighted by atomic mass is 9.84. The molecule has 11 N–H and O–H groups in total. The third kappa shape index (κ3) is 33.7.